The highest BCUT2D eigenvalue weighted by Crippen LogP contribution is 2.24. The molecule has 0 amide bonds. The lowest BCUT2D eigenvalue weighted by atomic mass is 9.92. The zero-order valence-electron chi connectivity index (χ0n) is 21.7. The van der Waals surface area contributed by atoms with E-state index in [0.29, 0.717) is 23.5 Å². The van der Waals surface area contributed by atoms with Crippen LogP contribution >= 0.6 is 0 Å². The summed E-state index contributed by atoms with van der Waals surface area (Å²) in [7, 11) is 0. The Morgan fingerprint density at radius 3 is 2.40 bits per heavy atom. The van der Waals surface area contributed by atoms with E-state index in [1.807, 2.05) is 41.2 Å². The number of rotatable bonds is 9. The number of benzene rings is 1. The minimum absolute atomic E-state index is 0.0865. The molecule has 3 rings (SSSR count). The Hall–Kier alpha value is -3.66. The Bertz CT molecular complexity index is 1130. The van der Waals surface area contributed by atoms with Gasteiger partial charge in [0, 0.05) is 18.5 Å². The van der Waals surface area contributed by atoms with E-state index in [-0.39, 0.29) is 17.8 Å². The Balaban J connectivity index is 0.000000269. The predicted octanol–water partition coefficient (Wildman–Crippen LogP) is 6.04. The van der Waals surface area contributed by atoms with Crippen molar-refractivity contribution in [1.29, 1.82) is 5.26 Å². The smallest absolute Gasteiger partial charge is 0.223 e. The van der Waals surface area contributed by atoms with Crippen molar-refractivity contribution in [2.75, 3.05) is 11.1 Å². The van der Waals surface area contributed by atoms with E-state index >= 15 is 0 Å². The van der Waals surface area contributed by atoms with Crippen LogP contribution in [0.5, 0.6) is 0 Å². The van der Waals surface area contributed by atoms with Crippen LogP contribution in [0, 0.1) is 24.2 Å². The molecule has 3 N–H and O–H groups in total. The fourth-order valence-electron chi connectivity index (χ4n) is 4.01. The molecule has 7 heteroatoms. The predicted molar refractivity (Wildman–Crippen MR) is 143 cm³/mol. The first-order valence-corrected chi connectivity index (χ1v) is 12.2. The molecule has 3 aromatic rings. The third kappa shape index (κ3) is 8.56. The molecule has 35 heavy (non-hydrogen) atoms. The van der Waals surface area contributed by atoms with Crippen LogP contribution in [0.3, 0.4) is 0 Å². The number of hydrogen-bond acceptors (Lipinski definition) is 6. The molecule has 0 spiro atoms. The van der Waals surface area contributed by atoms with Crippen molar-refractivity contribution >= 4 is 17.5 Å². The first kappa shape index (κ1) is 27.6. The molecule has 2 atom stereocenters. The van der Waals surface area contributed by atoms with Gasteiger partial charge in [-0.2, -0.15) is 15.2 Å². The van der Waals surface area contributed by atoms with Gasteiger partial charge in [0.2, 0.25) is 5.95 Å². The van der Waals surface area contributed by atoms with E-state index in [9.17, 15) is 4.79 Å². The Morgan fingerprint density at radius 1 is 1.17 bits per heavy atom. The number of carbonyl (C=O) groups is 1. The SMILES string of the molecule is CC(=O)[C@@H](CC(C)C)Nc1cc(-n2cccc2)nc(N)n1.CCC[C@@H](C)c1ccc(C#N)cc1C. The first-order valence-electron chi connectivity index (χ1n) is 12.2. The van der Waals surface area contributed by atoms with Crippen molar-refractivity contribution in [3.05, 3.63) is 65.5 Å². The summed E-state index contributed by atoms with van der Waals surface area (Å²) in [6.07, 6.45) is 6.93. The van der Waals surface area contributed by atoms with Gasteiger partial charge in [0.05, 0.1) is 17.7 Å². The highest BCUT2D eigenvalue weighted by Gasteiger charge is 2.17. The number of anilines is 2. The average Bonchev–Trinajstić information content (AvgIpc) is 3.33. The fraction of sp³-hybridized carbons (Fsp3) is 0.429. The molecule has 0 bridgehead atoms. The minimum Gasteiger partial charge on any atom is -0.368 e. The van der Waals surface area contributed by atoms with Crippen LogP contribution in [-0.2, 0) is 4.79 Å². The summed E-state index contributed by atoms with van der Waals surface area (Å²) in [5.41, 5.74) is 9.14. The Morgan fingerprint density at radius 2 is 1.86 bits per heavy atom. The lowest BCUT2D eigenvalue weighted by Gasteiger charge is -2.19. The molecule has 0 radical (unpaired) electrons. The van der Waals surface area contributed by atoms with Crippen LogP contribution in [0.25, 0.3) is 5.82 Å². The number of carbonyl (C=O) groups excluding carboxylic acids is 1. The van der Waals surface area contributed by atoms with Gasteiger partial charge in [0.25, 0.3) is 0 Å². The van der Waals surface area contributed by atoms with Gasteiger partial charge in [0.15, 0.2) is 5.78 Å². The summed E-state index contributed by atoms with van der Waals surface area (Å²) in [5, 5.41) is 11.9. The van der Waals surface area contributed by atoms with Crippen LogP contribution in [0.15, 0.2) is 48.8 Å². The number of nitrogens with zero attached hydrogens (tertiary/aromatic N) is 4. The molecule has 2 heterocycles. The first-order chi connectivity index (χ1) is 16.6. The van der Waals surface area contributed by atoms with Crippen molar-refractivity contribution in [3.63, 3.8) is 0 Å². The number of aromatic nitrogens is 3. The van der Waals surface area contributed by atoms with E-state index in [1.165, 1.54) is 24.0 Å². The number of nitrogens with one attached hydrogen (secondary N) is 1. The second kappa shape index (κ2) is 13.3. The van der Waals surface area contributed by atoms with Gasteiger partial charge in [-0.15, -0.1) is 0 Å². The van der Waals surface area contributed by atoms with Crippen LogP contribution < -0.4 is 11.1 Å². The summed E-state index contributed by atoms with van der Waals surface area (Å²) >= 11 is 0. The maximum Gasteiger partial charge on any atom is 0.223 e. The molecule has 0 saturated carbocycles. The van der Waals surface area contributed by atoms with Crippen molar-refractivity contribution in [1.82, 2.24) is 14.5 Å². The molecule has 0 fully saturated rings. The van der Waals surface area contributed by atoms with Crippen molar-refractivity contribution in [3.8, 4) is 11.9 Å². The van der Waals surface area contributed by atoms with Gasteiger partial charge >= 0.3 is 0 Å². The molecule has 0 saturated heterocycles. The summed E-state index contributed by atoms with van der Waals surface area (Å²) in [6.45, 7) is 12.3. The Kier molecular flexibility index (Phi) is 10.5. The molecule has 0 aliphatic carbocycles. The van der Waals surface area contributed by atoms with Crippen LogP contribution in [0.2, 0.25) is 0 Å². The van der Waals surface area contributed by atoms with Gasteiger partial charge < -0.3 is 15.6 Å². The Labute approximate surface area is 209 Å². The topological polar surface area (TPSA) is 110 Å². The molecule has 186 valence electrons. The lowest BCUT2D eigenvalue weighted by molar-refractivity contribution is -0.118. The third-order valence-corrected chi connectivity index (χ3v) is 5.77. The number of aryl methyl sites for hydroxylation is 1. The second-order valence-corrected chi connectivity index (χ2v) is 9.37. The lowest BCUT2D eigenvalue weighted by Crippen LogP contribution is -2.29. The molecular weight excluding hydrogens is 436 g/mol. The largest absolute Gasteiger partial charge is 0.368 e. The maximum absolute atomic E-state index is 11.7. The van der Waals surface area contributed by atoms with Crippen LogP contribution in [-0.4, -0.2) is 26.4 Å². The zero-order chi connectivity index (χ0) is 26.0. The van der Waals surface area contributed by atoms with Gasteiger partial charge in [-0.3, -0.25) is 4.79 Å². The van der Waals surface area contributed by atoms with Crippen molar-refractivity contribution in [2.45, 2.75) is 72.8 Å². The number of Topliss-reactive ketones (excluding diaryl/α,β-unsaturated/α-hetero) is 1. The standard InChI is InChI=1S/C15H21N5O.C13H17N/c1-10(2)8-12(11(3)21)17-13-9-14(19-15(16)18-13)20-6-4-5-7-20;1-4-5-10(2)13-7-6-12(9-14)8-11(13)3/h4-7,9-10,12H,8H2,1-3H3,(H3,16,17,18,19);6-8,10H,4-5H2,1-3H3/t12-;10-/m11/s1. The number of hydrogen-bond donors (Lipinski definition) is 2. The number of nitrogen functional groups attached to an aromatic ring is 1. The van der Waals surface area contributed by atoms with Gasteiger partial charge in [-0.25, -0.2) is 0 Å². The van der Waals surface area contributed by atoms with Gasteiger partial charge in [-0.1, -0.05) is 40.2 Å². The molecule has 7 nitrogen and oxygen atoms in total. The molecular formula is C28H38N6O. The monoisotopic (exact) mass is 474 g/mol. The fourth-order valence-corrected chi connectivity index (χ4v) is 4.01. The normalized spacial score (nSPS) is 12.3. The van der Waals surface area contributed by atoms with E-state index in [2.05, 4.69) is 62.0 Å². The van der Waals surface area contributed by atoms with Crippen molar-refractivity contribution < 1.29 is 4.79 Å². The number of ketones is 1. The molecule has 2 aromatic heterocycles. The van der Waals surface area contributed by atoms with Crippen molar-refractivity contribution in [2.24, 2.45) is 5.92 Å². The van der Waals surface area contributed by atoms with Gasteiger partial charge in [0.1, 0.15) is 11.6 Å². The van der Waals surface area contributed by atoms with Crippen LogP contribution in [0.4, 0.5) is 11.8 Å². The highest BCUT2D eigenvalue weighted by molar-refractivity contribution is 5.84. The van der Waals surface area contributed by atoms with E-state index in [0.717, 1.165) is 12.0 Å². The summed E-state index contributed by atoms with van der Waals surface area (Å²) in [6, 6.07) is 13.5. The molecule has 0 aliphatic heterocycles. The molecule has 0 unspecified atom stereocenters. The summed E-state index contributed by atoms with van der Waals surface area (Å²) in [5.74, 6) is 2.51. The van der Waals surface area contributed by atoms with Gasteiger partial charge in [-0.05, 0) is 73.9 Å². The van der Waals surface area contributed by atoms with Crippen LogP contribution in [0.1, 0.15) is 76.5 Å². The molecule has 0 aliphatic rings. The number of nitriles is 1. The van der Waals surface area contributed by atoms with E-state index in [4.69, 9.17) is 11.0 Å². The third-order valence-electron chi connectivity index (χ3n) is 5.77. The second-order valence-electron chi connectivity index (χ2n) is 9.37. The van der Waals surface area contributed by atoms with E-state index < -0.39 is 0 Å². The highest BCUT2D eigenvalue weighted by atomic mass is 16.1. The average molecular weight is 475 g/mol. The zero-order valence-corrected chi connectivity index (χ0v) is 21.7. The quantitative estimate of drug-likeness (QED) is 0.391. The number of nitrogens with two attached hydrogens (primary N) is 1. The van der Waals surface area contributed by atoms with E-state index in [1.54, 1.807) is 13.0 Å². The minimum atomic E-state index is -0.267. The maximum atomic E-state index is 11.7. The molecule has 1 aromatic carbocycles. The summed E-state index contributed by atoms with van der Waals surface area (Å²) in [4.78, 5) is 20.1. The summed E-state index contributed by atoms with van der Waals surface area (Å²) < 4.78 is 1.84.